The van der Waals surface area contributed by atoms with Gasteiger partial charge in [-0.15, -0.1) is 11.3 Å². The maximum atomic E-state index is 13.0. The van der Waals surface area contributed by atoms with E-state index in [1.165, 1.54) is 11.3 Å². The van der Waals surface area contributed by atoms with Gasteiger partial charge < -0.3 is 15.8 Å². The first-order valence-electron chi connectivity index (χ1n) is 9.32. The zero-order chi connectivity index (χ0) is 22.1. The van der Waals surface area contributed by atoms with Crippen LogP contribution < -0.4 is 15.8 Å². The lowest BCUT2D eigenvalue weighted by Gasteiger charge is -2.06. The molecule has 0 radical (unpaired) electrons. The molecule has 0 spiro atoms. The third-order valence-corrected chi connectivity index (χ3v) is 6.46. The number of ether oxygens (including phenoxy) is 1. The Labute approximate surface area is 191 Å². The molecule has 156 valence electrons. The summed E-state index contributed by atoms with van der Waals surface area (Å²) in [5.74, 6) is 0.190. The summed E-state index contributed by atoms with van der Waals surface area (Å²) >= 11 is 4.57. The maximum Gasteiger partial charge on any atom is 0.267 e. The topological polar surface area (TPSA) is 94.3 Å². The van der Waals surface area contributed by atoms with Crippen LogP contribution in [0.2, 0.25) is 0 Å². The van der Waals surface area contributed by atoms with Crippen molar-refractivity contribution in [2.75, 3.05) is 18.2 Å². The van der Waals surface area contributed by atoms with Crippen molar-refractivity contribution in [1.82, 2.24) is 4.98 Å². The van der Waals surface area contributed by atoms with Crippen LogP contribution in [0.25, 0.3) is 10.2 Å². The van der Waals surface area contributed by atoms with Crippen molar-refractivity contribution in [1.29, 1.82) is 0 Å². The number of aromatic nitrogens is 1. The van der Waals surface area contributed by atoms with Crippen LogP contribution in [0.15, 0.2) is 59.1 Å². The predicted octanol–water partition coefficient (Wildman–Crippen LogP) is 5.44. The average molecular weight is 496 g/mol. The van der Waals surface area contributed by atoms with Crippen LogP contribution in [0.4, 0.5) is 11.4 Å². The Kier molecular flexibility index (Phi) is 5.75. The number of nitrogen functional groups attached to an aromatic ring is 1. The van der Waals surface area contributed by atoms with E-state index in [-0.39, 0.29) is 11.7 Å². The Morgan fingerprint density at radius 3 is 2.42 bits per heavy atom. The fourth-order valence-corrected chi connectivity index (χ4v) is 4.43. The molecule has 0 fully saturated rings. The Morgan fingerprint density at radius 2 is 1.77 bits per heavy atom. The minimum Gasteiger partial charge on any atom is -0.497 e. The van der Waals surface area contributed by atoms with Gasteiger partial charge >= 0.3 is 0 Å². The summed E-state index contributed by atoms with van der Waals surface area (Å²) in [6, 6.07) is 15.9. The van der Waals surface area contributed by atoms with Crippen molar-refractivity contribution in [2.24, 2.45) is 0 Å². The molecule has 2 heterocycles. The molecule has 31 heavy (non-hydrogen) atoms. The van der Waals surface area contributed by atoms with Gasteiger partial charge in [-0.3, -0.25) is 9.59 Å². The van der Waals surface area contributed by atoms with E-state index < -0.39 is 0 Å². The number of anilines is 2. The number of nitrogens with two attached hydrogens (primary N) is 1. The highest BCUT2D eigenvalue weighted by Crippen LogP contribution is 2.35. The van der Waals surface area contributed by atoms with Crippen LogP contribution >= 0.6 is 27.3 Å². The van der Waals surface area contributed by atoms with Gasteiger partial charge in [0, 0.05) is 26.7 Å². The number of nitrogens with one attached hydrogen (secondary N) is 1. The van der Waals surface area contributed by atoms with Gasteiger partial charge in [0.25, 0.3) is 5.91 Å². The lowest BCUT2D eigenvalue weighted by atomic mass is 10.0. The molecule has 2 aromatic heterocycles. The largest absolute Gasteiger partial charge is 0.497 e. The lowest BCUT2D eigenvalue weighted by molar-refractivity contribution is 0.102. The number of pyridine rings is 1. The highest BCUT2D eigenvalue weighted by Gasteiger charge is 2.21. The van der Waals surface area contributed by atoms with Crippen molar-refractivity contribution >= 4 is 60.5 Å². The van der Waals surface area contributed by atoms with Gasteiger partial charge in [-0.2, -0.15) is 0 Å². The third kappa shape index (κ3) is 4.17. The molecule has 0 unspecified atom stereocenters. The highest BCUT2D eigenvalue weighted by atomic mass is 79.9. The molecule has 2 aromatic carbocycles. The minimum atomic E-state index is -0.316. The quantitative estimate of drug-likeness (QED) is 0.359. The molecule has 0 aliphatic rings. The number of carbonyl (C=O) groups excluding carboxylic acids is 2. The molecule has 8 heteroatoms. The molecular formula is C23H18BrN3O3S. The number of carbonyl (C=O) groups is 2. The van der Waals surface area contributed by atoms with Gasteiger partial charge in [-0.25, -0.2) is 4.98 Å². The molecule has 0 bridgehead atoms. The van der Waals surface area contributed by atoms with E-state index in [1.54, 1.807) is 56.5 Å². The van der Waals surface area contributed by atoms with E-state index in [1.807, 2.05) is 12.1 Å². The van der Waals surface area contributed by atoms with Gasteiger partial charge in [0.05, 0.1) is 18.5 Å². The van der Waals surface area contributed by atoms with E-state index in [2.05, 4.69) is 26.2 Å². The fraction of sp³-hybridized carbons (Fsp3) is 0.0870. The molecule has 0 saturated carbocycles. The van der Waals surface area contributed by atoms with Gasteiger partial charge in [-0.1, -0.05) is 15.9 Å². The number of hydrogen-bond donors (Lipinski definition) is 2. The molecule has 4 aromatic rings. The number of rotatable bonds is 5. The first kappa shape index (κ1) is 21.0. The zero-order valence-corrected chi connectivity index (χ0v) is 19.1. The number of nitrogens with zero attached hydrogens (tertiary/aromatic N) is 1. The van der Waals surface area contributed by atoms with Crippen molar-refractivity contribution in [2.45, 2.75) is 6.92 Å². The summed E-state index contributed by atoms with van der Waals surface area (Å²) in [6.45, 7) is 1.77. The van der Waals surface area contributed by atoms with Gasteiger partial charge in [0.1, 0.15) is 15.5 Å². The molecule has 4 rings (SSSR count). The number of benzene rings is 2. The number of amides is 1. The standard InChI is InChI=1S/C23H18BrN3O3S/c1-12-17(20(28)13-3-9-16(30-2)10-4-13)11-18-19(25)21(31-23(18)26-12)22(29)27-15-7-5-14(24)6-8-15/h3-11H,25H2,1-2H3,(H,27,29). The van der Waals surface area contributed by atoms with Gasteiger partial charge in [0.15, 0.2) is 5.78 Å². The van der Waals surface area contributed by atoms with Gasteiger partial charge in [-0.05, 0) is 61.5 Å². The maximum absolute atomic E-state index is 13.0. The minimum absolute atomic E-state index is 0.166. The molecule has 0 atom stereocenters. The van der Waals surface area contributed by atoms with E-state index in [9.17, 15) is 9.59 Å². The monoisotopic (exact) mass is 495 g/mol. The fourth-order valence-electron chi connectivity index (χ4n) is 3.15. The number of methoxy groups -OCH3 is 1. The number of hydrogen-bond acceptors (Lipinski definition) is 6. The van der Waals surface area contributed by atoms with E-state index in [0.29, 0.717) is 49.0 Å². The first-order chi connectivity index (χ1) is 14.9. The number of thiophene rings is 1. The molecular weight excluding hydrogens is 478 g/mol. The average Bonchev–Trinajstić information content (AvgIpc) is 3.09. The summed E-state index contributed by atoms with van der Waals surface area (Å²) in [4.78, 5) is 31.3. The summed E-state index contributed by atoms with van der Waals surface area (Å²) in [7, 11) is 1.57. The second-order valence-corrected chi connectivity index (χ2v) is 8.75. The molecule has 6 nitrogen and oxygen atoms in total. The first-order valence-corrected chi connectivity index (χ1v) is 10.9. The SMILES string of the molecule is COc1ccc(C(=O)c2cc3c(N)c(C(=O)Nc4ccc(Br)cc4)sc3nc2C)cc1. The van der Waals surface area contributed by atoms with E-state index in [4.69, 9.17) is 10.5 Å². The van der Waals surface area contributed by atoms with E-state index in [0.717, 1.165) is 4.47 Å². The smallest absolute Gasteiger partial charge is 0.267 e. The third-order valence-electron chi connectivity index (χ3n) is 4.82. The summed E-state index contributed by atoms with van der Waals surface area (Å²) in [5, 5.41) is 3.43. The number of aryl methyl sites for hydroxylation is 1. The Morgan fingerprint density at radius 1 is 1.10 bits per heavy atom. The number of ketones is 1. The van der Waals surface area contributed by atoms with Crippen molar-refractivity contribution in [3.05, 3.63) is 80.8 Å². The van der Waals surface area contributed by atoms with Crippen LogP contribution in [-0.4, -0.2) is 23.8 Å². The Balaban J connectivity index is 1.68. The van der Waals surface area contributed by atoms with Gasteiger partial charge in [0.2, 0.25) is 0 Å². The molecule has 0 aliphatic heterocycles. The lowest BCUT2D eigenvalue weighted by Crippen LogP contribution is -2.11. The molecule has 0 aliphatic carbocycles. The molecule has 3 N–H and O–H groups in total. The van der Waals surface area contributed by atoms with Crippen LogP contribution in [0, 0.1) is 6.92 Å². The molecule has 1 amide bonds. The van der Waals surface area contributed by atoms with Crippen LogP contribution in [0.5, 0.6) is 5.75 Å². The van der Waals surface area contributed by atoms with Crippen molar-refractivity contribution < 1.29 is 14.3 Å². The molecule has 0 saturated heterocycles. The Bertz CT molecular complexity index is 1300. The van der Waals surface area contributed by atoms with Crippen molar-refractivity contribution in [3.8, 4) is 5.75 Å². The van der Waals surface area contributed by atoms with Crippen molar-refractivity contribution in [3.63, 3.8) is 0 Å². The second-order valence-electron chi connectivity index (χ2n) is 6.84. The van der Waals surface area contributed by atoms with E-state index >= 15 is 0 Å². The normalized spacial score (nSPS) is 10.8. The summed E-state index contributed by atoms with van der Waals surface area (Å²) < 4.78 is 6.06. The Hall–Kier alpha value is -3.23. The van der Waals surface area contributed by atoms with Crippen LogP contribution in [0.3, 0.4) is 0 Å². The highest BCUT2D eigenvalue weighted by molar-refractivity contribution is 9.10. The number of fused-ring (bicyclic) bond motifs is 1. The summed E-state index contributed by atoms with van der Waals surface area (Å²) in [6.07, 6.45) is 0. The summed E-state index contributed by atoms with van der Waals surface area (Å²) in [5.41, 5.74) is 8.80. The second kappa shape index (κ2) is 8.49. The van der Waals surface area contributed by atoms with Crippen LogP contribution in [-0.2, 0) is 0 Å². The van der Waals surface area contributed by atoms with Crippen LogP contribution in [0.1, 0.15) is 31.3 Å². The predicted molar refractivity (Wildman–Crippen MR) is 127 cm³/mol. The zero-order valence-electron chi connectivity index (χ0n) is 16.7. The number of halogens is 1.